The van der Waals surface area contributed by atoms with Crippen molar-refractivity contribution in [3.05, 3.63) is 11.1 Å². The van der Waals surface area contributed by atoms with Crippen LogP contribution in [0, 0.1) is 0 Å². The third-order valence-electron chi connectivity index (χ3n) is 0.984. The molecule has 0 heterocycles. The SMILES string of the molecule is C=C(Br)CNCCOCC(F)F. The molecular weight excluding hydrogens is 232 g/mol. The lowest BCUT2D eigenvalue weighted by atomic mass is 10.6. The summed E-state index contributed by atoms with van der Waals surface area (Å²) in [5.74, 6) is 0. The fourth-order valence-electron chi connectivity index (χ4n) is 0.541. The summed E-state index contributed by atoms with van der Waals surface area (Å²) in [7, 11) is 0. The molecule has 0 unspecified atom stereocenters. The topological polar surface area (TPSA) is 21.3 Å². The molecule has 0 aliphatic rings. The Bertz CT molecular complexity index is 133. The van der Waals surface area contributed by atoms with E-state index in [1.807, 2.05) is 0 Å². The molecule has 0 aromatic carbocycles. The standard InChI is InChI=1S/C7H12BrF2NO/c1-6(8)4-11-2-3-12-5-7(9)10/h7,11H,1-5H2. The highest BCUT2D eigenvalue weighted by Gasteiger charge is 2.00. The molecule has 0 rings (SSSR count). The number of hydrogen-bond donors (Lipinski definition) is 1. The smallest absolute Gasteiger partial charge is 0.261 e. The monoisotopic (exact) mass is 243 g/mol. The first-order valence-corrected chi connectivity index (χ1v) is 4.32. The average molecular weight is 244 g/mol. The van der Waals surface area contributed by atoms with Gasteiger partial charge in [-0.3, -0.25) is 0 Å². The van der Waals surface area contributed by atoms with E-state index in [-0.39, 0.29) is 0 Å². The van der Waals surface area contributed by atoms with E-state index in [9.17, 15) is 8.78 Å². The van der Waals surface area contributed by atoms with Crippen LogP contribution in [-0.2, 0) is 4.74 Å². The van der Waals surface area contributed by atoms with Crippen LogP contribution >= 0.6 is 15.9 Å². The van der Waals surface area contributed by atoms with Crippen LogP contribution in [0.4, 0.5) is 8.78 Å². The number of nitrogens with one attached hydrogen (secondary N) is 1. The molecule has 0 bridgehead atoms. The maximum absolute atomic E-state index is 11.5. The molecule has 0 fully saturated rings. The molecule has 1 N–H and O–H groups in total. The van der Waals surface area contributed by atoms with Gasteiger partial charge in [0.15, 0.2) is 0 Å². The lowest BCUT2D eigenvalue weighted by molar-refractivity contribution is 0.0189. The van der Waals surface area contributed by atoms with Crippen molar-refractivity contribution in [3.8, 4) is 0 Å². The lowest BCUT2D eigenvalue weighted by Crippen LogP contribution is -2.21. The van der Waals surface area contributed by atoms with Crippen molar-refractivity contribution in [2.24, 2.45) is 0 Å². The number of rotatable bonds is 7. The quantitative estimate of drug-likeness (QED) is 0.689. The molecule has 0 aromatic rings. The van der Waals surface area contributed by atoms with Crippen molar-refractivity contribution in [1.29, 1.82) is 0 Å². The summed E-state index contributed by atoms with van der Waals surface area (Å²) in [6, 6.07) is 0. The molecule has 2 nitrogen and oxygen atoms in total. The van der Waals surface area contributed by atoms with Crippen LogP contribution in [0.1, 0.15) is 0 Å². The largest absolute Gasteiger partial charge is 0.374 e. The van der Waals surface area contributed by atoms with E-state index >= 15 is 0 Å². The molecule has 5 heteroatoms. The van der Waals surface area contributed by atoms with Gasteiger partial charge in [-0.05, 0) is 0 Å². The Hall–Kier alpha value is -0.0000000000000000555. The molecule has 0 saturated heterocycles. The predicted molar refractivity (Wildman–Crippen MR) is 47.8 cm³/mol. The van der Waals surface area contributed by atoms with Gasteiger partial charge in [-0.15, -0.1) is 0 Å². The maximum atomic E-state index is 11.5. The van der Waals surface area contributed by atoms with Gasteiger partial charge in [-0.1, -0.05) is 22.5 Å². The third-order valence-corrected chi connectivity index (χ3v) is 1.26. The molecule has 0 spiro atoms. The van der Waals surface area contributed by atoms with E-state index in [1.54, 1.807) is 0 Å². The second kappa shape index (κ2) is 7.64. The normalized spacial score (nSPS) is 10.7. The number of hydrogen-bond acceptors (Lipinski definition) is 2. The van der Waals surface area contributed by atoms with E-state index in [0.717, 1.165) is 4.48 Å². The molecule has 0 aromatic heterocycles. The van der Waals surface area contributed by atoms with Crippen molar-refractivity contribution in [3.63, 3.8) is 0 Å². The van der Waals surface area contributed by atoms with Gasteiger partial charge in [0.2, 0.25) is 0 Å². The Labute approximate surface area is 79.1 Å². The van der Waals surface area contributed by atoms with Crippen LogP contribution in [0.5, 0.6) is 0 Å². The molecule has 0 aliphatic heterocycles. The van der Waals surface area contributed by atoms with Gasteiger partial charge in [0.05, 0.1) is 6.61 Å². The predicted octanol–water partition coefficient (Wildman–Crippen LogP) is 1.77. The van der Waals surface area contributed by atoms with Crippen LogP contribution in [0.15, 0.2) is 11.1 Å². The van der Waals surface area contributed by atoms with Crippen molar-refractivity contribution >= 4 is 15.9 Å². The van der Waals surface area contributed by atoms with Gasteiger partial charge in [-0.2, -0.15) is 0 Å². The lowest BCUT2D eigenvalue weighted by Gasteiger charge is -2.04. The minimum Gasteiger partial charge on any atom is -0.374 e. The van der Waals surface area contributed by atoms with Gasteiger partial charge in [0.25, 0.3) is 6.43 Å². The van der Waals surface area contributed by atoms with Gasteiger partial charge in [0, 0.05) is 17.6 Å². The highest BCUT2D eigenvalue weighted by molar-refractivity contribution is 9.11. The van der Waals surface area contributed by atoms with Crippen molar-refractivity contribution < 1.29 is 13.5 Å². The first-order chi connectivity index (χ1) is 5.63. The Kier molecular flexibility index (Phi) is 7.64. The van der Waals surface area contributed by atoms with Crippen molar-refractivity contribution in [2.75, 3.05) is 26.3 Å². The van der Waals surface area contributed by atoms with Gasteiger partial charge >= 0.3 is 0 Å². The molecule has 0 atom stereocenters. The summed E-state index contributed by atoms with van der Waals surface area (Å²) >= 11 is 3.15. The third kappa shape index (κ3) is 10.0. The highest BCUT2D eigenvalue weighted by atomic mass is 79.9. The molecule has 12 heavy (non-hydrogen) atoms. The minimum atomic E-state index is -2.38. The minimum absolute atomic E-state index is 0.296. The molecule has 72 valence electrons. The zero-order chi connectivity index (χ0) is 9.40. The first-order valence-electron chi connectivity index (χ1n) is 3.53. The molecular formula is C7H12BrF2NO. The summed E-state index contributed by atoms with van der Waals surface area (Å²) in [6.45, 7) is 4.58. The molecule has 0 amide bonds. The number of alkyl halides is 2. The van der Waals surface area contributed by atoms with Crippen LogP contribution in [0.2, 0.25) is 0 Å². The van der Waals surface area contributed by atoms with Gasteiger partial charge in [-0.25, -0.2) is 8.78 Å². The van der Waals surface area contributed by atoms with Crippen molar-refractivity contribution in [2.45, 2.75) is 6.43 Å². The Morgan fingerprint density at radius 1 is 1.58 bits per heavy atom. The molecule has 0 aliphatic carbocycles. The van der Waals surface area contributed by atoms with Crippen LogP contribution in [0.25, 0.3) is 0 Å². The summed E-state index contributed by atoms with van der Waals surface area (Å²) in [6.07, 6.45) is -2.38. The van der Waals surface area contributed by atoms with Gasteiger partial charge < -0.3 is 10.1 Å². The number of ether oxygens (including phenoxy) is 1. The summed E-state index contributed by atoms with van der Waals surface area (Å²) in [5.41, 5.74) is 0. The fraction of sp³-hybridized carbons (Fsp3) is 0.714. The Morgan fingerprint density at radius 2 is 2.25 bits per heavy atom. The number of halogens is 3. The second-order valence-corrected chi connectivity index (χ2v) is 3.28. The van der Waals surface area contributed by atoms with Gasteiger partial charge in [0.1, 0.15) is 6.61 Å². The summed E-state index contributed by atoms with van der Waals surface area (Å²) in [4.78, 5) is 0. The van der Waals surface area contributed by atoms with Crippen LogP contribution in [-0.4, -0.2) is 32.7 Å². The molecule has 0 saturated carbocycles. The van der Waals surface area contributed by atoms with Crippen LogP contribution < -0.4 is 5.32 Å². The van der Waals surface area contributed by atoms with E-state index in [1.165, 1.54) is 0 Å². The average Bonchev–Trinajstić information content (AvgIpc) is 1.95. The zero-order valence-corrected chi connectivity index (χ0v) is 8.24. The van der Waals surface area contributed by atoms with E-state index in [0.29, 0.717) is 19.7 Å². The fourth-order valence-corrected chi connectivity index (χ4v) is 0.739. The molecule has 0 radical (unpaired) electrons. The second-order valence-electron chi connectivity index (χ2n) is 2.16. The Morgan fingerprint density at radius 3 is 2.75 bits per heavy atom. The van der Waals surface area contributed by atoms with Crippen LogP contribution in [0.3, 0.4) is 0 Å². The van der Waals surface area contributed by atoms with E-state index in [2.05, 4.69) is 32.6 Å². The maximum Gasteiger partial charge on any atom is 0.261 e. The highest BCUT2D eigenvalue weighted by Crippen LogP contribution is 1.96. The summed E-state index contributed by atoms with van der Waals surface area (Å²) in [5, 5.41) is 2.94. The van der Waals surface area contributed by atoms with Crippen molar-refractivity contribution in [1.82, 2.24) is 5.32 Å². The first kappa shape index (κ1) is 12.0. The Balaban J connectivity index is 2.96. The van der Waals surface area contributed by atoms with E-state index in [4.69, 9.17) is 0 Å². The summed E-state index contributed by atoms with van der Waals surface area (Å²) < 4.78 is 28.5. The zero-order valence-electron chi connectivity index (χ0n) is 6.66. The van der Waals surface area contributed by atoms with E-state index < -0.39 is 13.0 Å².